The van der Waals surface area contributed by atoms with Crippen molar-refractivity contribution >= 4 is 0 Å². The van der Waals surface area contributed by atoms with Crippen LogP contribution in [0.2, 0.25) is 0 Å². The molecule has 0 aromatic heterocycles. The number of hydrogen-bond donors (Lipinski definition) is 2. The van der Waals surface area contributed by atoms with Crippen molar-refractivity contribution in [3.05, 3.63) is 29.8 Å². The fraction of sp³-hybridized carbons (Fsp3) is 0.600. The van der Waals surface area contributed by atoms with Gasteiger partial charge in [0.1, 0.15) is 5.75 Å². The van der Waals surface area contributed by atoms with Crippen molar-refractivity contribution in [1.29, 1.82) is 0 Å². The minimum absolute atomic E-state index is 0.193. The molecule has 3 nitrogen and oxygen atoms in total. The average molecular weight is 251 g/mol. The highest BCUT2D eigenvalue weighted by Gasteiger charge is 1.97. The van der Waals surface area contributed by atoms with Gasteiger partial charge >= 0.3 is 0 Å². The minimum atomic E-state index is -0.193. The van der Waals surface area contributed by atoms with Gasteiger partial charge in [-0.05, 0) is 50.4 Å². The number of benzene rings is 1. The second-order valence-electron chi connectivity index (χ2n) is 4.66. The molecule has 3 heteroatoms. The summed E-state index contributed by atoms with van der Waals surface area (Å²) in [5.74, 6) is 0.940. The van der Waals surface area contributed by atoms with Gasteiger partial charge in [0.25, 0.3) is 0 Å². The van der Waals surface area contributed by atoms with Crippen LogP contribution >= 0.6 is 0 Å². The lowest BCUT2D eigenvalue weighted by Gasteiger charge is -2.08. The molecule has 1 aromatic carbocycles. The second-order valence-corrected chi connectivity index (χ2v) is 4.66. The van der Waals surface area contributed by atoms with E-state index in [0.29, 0.717) is 0 Å². The van der Waals surface area contributed by atoms with Crippen LogP contribution in [0.5, 0.6) is 5.75 Å². The van der Waals surface area contributed by atoms with Gasteiger partial charge in [0.05, 0.1) is 12.7 Å². The Morgan fingerprint density at radius 3 is 2.61 bits per heavy atom. The predicted octanol–water partition coefficient (Wildman–Crippen LogP) is 2.73. The summed E-state index contributed by atoms with van der Waals surface area (Å²) in [5, 5.41) is 12.5. The number of hydrogen-bond acceptors (Lipinski definition) is 3. The molecule has 0 amide bonds. The molecule has 0 radical (unpaired) electrons. The fourth-order valence-electron chi connectivity index (χ4n) is 1.68. The Kier molecular flexibility index (Phi) is 7.46. The molecule has 18 heavy (non-hydrogen) atoms. The highest BCUT2D eigenvalue weighted by atomic mass is 16.5. The molecule has 0 aliphatic carbocycles. The van der Waals surface area contributed by atoms with E-state index in [2.05, 4.69) is 24.4 Å². The van der Waals surface area contributed by atoms with Gasteiger partial charge in [-0.1, -0.05) is 19.1 Å². The molecule has 0 bridgehead atoms. The standard InChI is InChI=1S/C15H25NO2/c1-3-11-18-15-8-6-14(7-9-15)12-16-10-4-5-13(2)17/h6-9,13,16-17H,3-5,10-12H2,1-2H3. The predicted molar refractivity (Wildman–Crippen MR) is 74.8 cm³/mol. The first-order chi connectivity index (χ1) is 8.72. The Balaban J connectivity index is 2.18. The molecule has 1 aromatic rings. The Labute approximate surface area is 110 Å². The van der Waals surface area contributed by atoms with E-state index in [0.717, 1.165) is 44.7 Å². The maximum Gasteiger partial charge on any atom is 0.119 e. The minimum Gasteiger partial charge on any atom is -0.494 e. The quantitative estimate of drug-likeness (QED) is 0.663. The molecule has 0 fully saturated rings. The van der Waals surface area contributed by atoms with Crippen molar-refractivity contribution in [1.82, 2.24) is 5.32 Å². The normalized spacial score (nSPS) is 12.4. The summed E-state index contributed by atoms with van der Waals surface area (Å²) in [6.45, 7) is 6.52. The summed E-state index contributed by atoms with van der Waals surface area (Å²) < 4.78 is 5.53. The summed E-state index contributed by atoms with van der Waals surface area (Å²) in [4.78, 5) is 0. The van der Waals surface area contributed by atoms with Crippen molar-refractivity contribution in [2.45, 2.75) is 45.8 Å². The van der Waals surface area contributed by atoms with Crippen LogP contribution in [0.4, 0.5) is 0 Å². The van der Waals surface area contributed by atoms with Crippen LogP contribution in [0.25, 0.3) is 0 Å². The van der Waals surface area contributed by atoms with Crippen LogP contribution < -0.4 is 10.1 Å². The molecule has 1 rings (SSSR count). The molecule has 0 saturated heterocycles. The molecule has 0 aliphatic heterocycles. The molecular formula is C15H25NO2. The Bertz CT molecular complexity index is 309. The van der Waals surface area contributed by atoms with Crippen LogP contribution in [0.3, 0.4) is 0 Å². The highest BCUT2D eigenvalue weighted by Crippen LogP contribution is 2.12. The highest BCUT2D eigenvalue weighted by molar-refractivity contribution is 5.27. The van der Waals surface area contributed by atoms with E-state index >= 15 is 0 Å². The molecule has 0 saturated carbocycles. The van der Waals surface area contributed by atoms with Gasteiger partial charge in [0.2, 0.25) is 0 Å². The van der Waals surface area contributed by atoms with Crippen LogP contribution in [-0.2, 0) is 6.54 Å². The zero-order valence-corrected chi connectivity index (χ0v) is 11.5. The van der Waals surface area contributed by atoms with E-state index < -0.39 is 0 Å². The first-order valence-electron chi connectivity index (χ1n) is 6.83. The Morgan fingerprint density at radius 1 is 1.28 bits per heavy atom. The summed E-state index contributed by atoms with van der Waals surface area (Å²) in [6, 6.07) is 8.21. The summed E-state index contributed by atoms with van der Waals surface area (Å²) in [5.41, 5.74) is 1.26. The zero-order valence-electron chi connectivity index (χ0n) is 11.5. The Hall–Kier alpha value is -1.06. The number of aliphatic hydroxyl groups is 1. The third-order valence-corrected chi connectivity index (χ3v) is 2.70. The monoisotopic (exact) mass is 251 g/mol. The molecular weight excluding hydrogens is 226 g/mol. The summed E-state index contributed by atoms with van der Waals surface area (Å²) >= 11 is 0. The first kappa shape index (κ1) is 15.0. The summed E-state index contributed by atoms with van der Waals surface area (Å²) in [6.07, 6.45) is 2.71. The number of aliphatic hydroxyl groups excluding tert-OH is 1. The van der Waals surface area contributed by atoms with Crippen molar-refractivity contribution in [3.63, 3.8) is 0 Å². The number of rotatable bonds is 9. The van der Waals surface area contributed by atoms with Gasteiger partial charge in [-0.15, -0.1) is 0 Å². The molecule has 102 valence electrons. The summed E-state index contributed by atoms with van der Waals surface area (Å²) in [7, 11) is 0. The largest absolute Gasteiger partial charge is 0.494 e. The molecule has 1 atom stereocenters. The van der Waals surface area contributed by atoms with Gasteiger partial charge < -0.3 is 15.2 Å². The Morgan fingerprint density at radius 2 is 2.00 bits per heavy atom. The van der Waals surface area contributed by atoms with Crippen molar-refractivity contribution in [2.24, 2.45) is 0 Å². The second kappa shape index (κ2) is 8.95. The van der Waals surface area contributed by atoms with Gasteiger partial charge in [-0.3, -0.25) is 0 Å². The SMILES string of the molecule is CCCOc1ccc(CNCCCC(C)O)cc1. The van der Waals surface area contributed by atoms with E-state index in [1.165, 1.54) is 5.56 Å². The van der Waals surface area contributed by atoms with Gasteiger partial charge in [-0.2, -0.15) is 0 Å². The van der Waals surface area contributed by atoms with Gasteiger partial charge in [0.15, 0.2) is 0 Å². The third-order valence-electron chi connectivity index (χ3n) is 2.70. The van der Waals surface area contributed by atoms with Crippen molar-refractivity contribution in [3.8, 4) is 5.75 Å². The maximum atomic E-state index is 9.13. The lowest BCUT2D eigenvalue weighted by atomic mass is 10.2. The van der Waals surface area contributed by atoms with E-state index in [-0.39, 0.29) is 6.10 Å². The van der Waals surface area contributed by atoms with E-state index in [1.807, 2.05) is 19.1 Å². The van der Waals surface area contributed by atoms with Crippen LogP contribution in [0.1, 0.15) is 38.7 Å². The van der Waals surface area contributed by atoms with Crippen molar-refractivity contribution < 1.29 is 9.84 Å². The van der Waals surface area contributed by atoms with Crippen molar-refractivity contribution in [2.75, 3.05) is 13.2 Å². The number of nitrogens with one attached hydrogen (secondary N) is 1. The molecule has 1 unspecified atom stereocenters. The fourth-order valence-corrected chi connectivity index (χ4v) is 1.68. The lowest BCUT2D eigenvalue weighted by molar-refractivity contribution is 0.181. The maximum absolute atomic E-state index is 9.13. The van der Waals surface area contributed by atoms with E-state index in [4.69, 9.17) is 9.84 Å². The molecule has 0 heterocycles. The molecule has 0 aliphatic rings. The van der Waals surface area contributed by atoms with Crippen LogP contribution in [0, 0.1) is 0 Å². The molecule has 2 N–H and O–H groups in total. The third kappa shape index (κ3) is 6.62. The topological polar surface area (TPSA) is 41.5 Å². The van der Waals surface area contributed by atoms with Crippen LogP contribution in [-0.4, -0.2) is 24.4 Å². The smallest absolute Gasteiger partial charge is 0.119 e. The lowest BCUT2D eigenvalue weighted by Crippen LogP contribution is -2.16. The van der Waals surface area contributed by atoms with Gasteiger partial charge in [-0.25, -0.2) is 0 Å². The van der Waals surface area contributed by atoms with Crippen LogP contribution in [0.15, 0.2) is 24.3 Å². The van der Waals surface area contributed by atoms with E-state index in [9.17, 15) is 0 Å². The van der Waals surface area contributed by atoms with E-state index in [1.54, 1.807) is 0 Å². The van der Waals surface area contributed by atoms with Gasteiger partial charge in [0, 0.05) is 6.54 Å². The first-order valence-corrected chi connectivity index (χ1v) is 6.83. The average Bonchev–Trinajstić information content (AvgIpc) is 2.37. The zero-order chi connectivity index (χ0) is 13.2. The molecule has 0 spiro atoms. The number of ether oxygens (including phenoxy) is 1.